The van der Waals surface area contributed by atoms with E-state index in [1.165, 1.54) is 0 Å². The number of urea groups is 1. The second-order valence-corrected chi connectivity index (χ2v) is 5.50. The minimum Gasteiger partial charge on any atom is -0.481 e. The summed E-state index contributed by atoms with van der Waals surface area (Å²) in [4.78, 5) is 24.7. The molecule has 0 saturated heterocycles. The fraction of sp³-hybridized carbons (Fsp3) is 0.846. The average molecular weight is 270 g/mol. The largest absolute Gasteiger partial charge is 0.481 e. The number of carboxylic acids is 1. The number of carbonyl (C=O) groups excluding carboxylic acids is 1. The Labute approximate surface area is 112 Å². The molecule has 2 aliphatic carbocycles. The van der Waals surface area contributed by atoms with Crippen molar-refractivity contribution in [2.75, 3.05) is 13.2 Å². The number of hydrogen-bond acceptors (Lipinski definition) is 3. The zero-order valence-electron chi connectivity index (χ0n) is 11.0. The maximum absolute atomic E-state index is 12.2. The summed E-state index contributed by atoms with van der Waals surface area (Å²) in [5.74, 6) is -1.11. The molecule has 6 nitrogen and oxygen atoms in total. The first-order valence-electron chi connectivity index (χ1n) is 7.02. The molecule has 0 aromatic heterocycles. The Kier molecular flexibility index (Phi) is 4.63. The quantitative estimate of drug-likeness (QED) is 0.689. The minimum atomic E-state index is -0.775. The Morgan fingerprint density at radius 2 is 1.95 bits per heavy atom. The van der Waals surface area contributed by atoms with E-state index < -0.39 is 5.97 Å². The van der Waals surface area contributed by atoms with Gasteiger partial charge in [-0.2, -0.15) is 0 Å². The Morgan fingerprint density at radius 3 is 2.42 bits per heavy atom. The van der Waals surface area contributed by atoms with E-state index in [2.05, 4.69) is 5.32 Å². The molecule has 2 unspecified atom stereocenters. The molecule has 2 amide bonds. The van der Waals surface area contributed by atoms with Crippen LogP contribution < -0.4 is 5.32 Å². The maximum atomic E-state index is 12.2. The van der Waals surface area contributed by atoms with E-state index in [9.17, 15) is 9.59 Å². The van der Waals surface area contributed by atoms with Crippen LogP contribution in [0.5, 0.6) is 0 Å². The van der Waals surface area contributed by atoms with Crippen LogP contribution in [0.4, 0.5) is 4.79 Å². The van der Waals surface area contributed by atoms with Gasteiger partial charge in [-0.3, -0.25) is 4.79 Å². The highest BCUT2D eigenvalue weighted by molar-refractivity contribution is 5.75. The van der Waals surface area contributed by atoms with E-state index in [1.807, 2.05) is 0 Å². The van der Waals surface area contributed by atoms with Crippen molar-refractivity contribution < 1.29 is 19.8 Å². The number of nitrogens with one attached hydrogen (secondary N) is 1. The number of carboxylic acid groups (broad SMARTS) is 1. The first-order valence-corrected chi connectivity index (χ1v) is 7.02. The smallest absolute Gasteiger partial charge is 0.317 e. The van der Waals surface area contributed by atoms with Crippen molar-refractivity contribution in [3.63, 3.8) is 0 Å². The van der Waals surface area contributed by atoms with Crippen LogP contribution in [-0.2, 0) is 4.79 Å². The van der Waals surface area contributed by atoms with Gasteiger partial charge in [-0.25, -0.2) is 4.79 Å². The second kappa shape index (κ2) is 6.23. The highest BCUT2D eigenvalue weighted by Gasteiger charge is 2.33. The van der Waals surface area contributed by atoms with Crippen LogP contribution in [0.1, 0.15) is 38.5 Å². The van der Waals surface area contributed by atoms with Gasteiger partial charge in [-0.1, -0.05) is 0 Å². The van der Waals surface area contributed by atoms with Crippen LogP contribution in [0.25, 0.3) is 0 Å². The Hall–Kier alpha value is -1.30. The van der Waals surface area contributed by atoms with E-state index >= 15 is 0 Å². The molecule has 2 rings (SSSR count). The van der Waals surface area contributed by atoms with Crippen molar-refractivity contribution in [2.24, 2.45) is 5.92 Å². The molecule has 0 radical (unpaired) electrons. The monoisotopic (exact) mass is 270 g/mol. The van der Waals surface area contributed by atoms with Gasteiger partial charge in [-0.15, -0.1) is 0 Å². The average Bonchev–Trinajstić information content (AvgIpc) is 2.74. The lowest BCUT2D eigenvalue weighted by atomic mass is 9.91. The summed E-state index contributed by atoms with van der Waals surface area (Å²) in [5, 5.41) is 20.9. The molecule has 2 aliphatic rings. The number of carbonyl (C=O) groups is 2. The van der Waals surface area contributed by atoms with Gasteiger partial charge < -0.3 is 20.4 Å². The summed E-state index contributed by atoms with van der Waals surface area (Å²) < 4.78 is 0. The van der Waals surface area contributed by atoms with Crippen LogP contribution >= 0.6 is 0 Å². The van der Waals surface area contributed by atoms with Crippen LogP contribution in [-0.4, -0.2) is 52.3 Å². The highest BCUT2D eigenvalue weighted by atomic mass is 16.4. The van der Waals surface area contributed by atoms with Crippen molar-refractivity contribution >= 4 is 12.0 Å². The van der Waals surface area contributed by atoms with Crippen LogP contribution in [0.2, 0.25) is 0 Å². The van der Waals surface area contributed by atoms with Gasteiger partial charge in [-0.05, 0) is 38.5 Å². The third-order valence-corrected chi connectivity index (χ3v) is 4.23. The molecule has 0 heterocycles. The molecule has 0 bridgehead atoms. The molecule has 0 spiro atoms. The zero-order valence-corrected chi connectivity index (χ0v) is 11.0. The number of rotatable bonds is 5. The maximum Gasteiger partial charge on any atom is 0.317 e. The Morgan fingerprint density at radius 1 is 1.21 bits per heavy atom. The van der Waals surface area contributed by atoms with Crippen LogP contribution in [0, 0.1) is 5.92 Å². The van der Waals surface area contributed by atoms with Crippen molar-refractivity contribution in [3.05, 3.63) is 0 Å². The van der Waals surface area contributed by atoms with Gasteiger partial charge in [0.25, 0.3) is 0 Å². The van der Waals surface area contributed by atoms with Crippen LogP contribution in [0.3, 0.4) is 0 Å². The van der Waals surface area contributed by atoms with Crippen molar-refractivity contribution in [2.45, 2.75) is 50.6 Å². The van der Waals surface area contributed by atoms with Crippen molar-refractivity contribution in [1.82, 2.24) is 10.2 Å². The van der Waals surface area contributed by atoms with Gasteiger partial charge in [0.2, 0.25) is 0 Å². The molecule has 19 heavy (non-hydrogen) atoms. The molecule has 0 aromatic carbocycles. The first-order chi connectivity index (χ1) is 9.11. The van der Waals surface area contributed by atoms with Gasteiger partial charge in [0.15, 0.2) is 0 Å². The van der Waals surface area contributed by atoms with Gasteiger partial charge in [0, 0.05) is 18.6 Å². The van der Waals surface area contributed by atoms with E-state index in [4.69, 9.17) is 10.2 Å². The molecule has 3 N–H and O–H groups in total. The van der Waals surface area contributed by atoms with E-state index in [0.717, 1.165) is 25.7 Å². The molecule has 108 valence electrons. The summed E-state index contributed by atoms with van der Waals surface area (Å²) in [6.45, 7) is 0.317. The molecule has 2 fully saturated rings. The number of aliphatic carboxylic acids is 1. The third kappa shape index (κ3) is 3.37. The van der Waals surface area contributed by atoms with Gasteiger partial charge in [0.1, 0.15) is 0 Å². The zero-order chi connectivity index (χ0) is 13.8. The summed E-state index contributed by atoms with van der Waals surface area (Å²) in [7, 11) is 0. The Balaban J connectivity index is 1.83. The molecule has 2 atom stereocenters. The number of nitrogens with zero attached hydrogens (tertiary/aromatic N) is 1. The lowest BCUT2D eigenvalue weighted by Crippen LogP contribution is -2.52. The SMILES string of the molecule is O=C(O)C1CCC(NC(=O)N(CCO)C2CCC2)C1. The standard InChI is InChI=1S/C13H22N2O4/c16-7-6-15(11-2-1-3-11)13(19)14-10-5-4-9(8-10)12(17)18/h9-11,16H,1-8H2,(H,14,19)(H,17,18). The number of hydrogen-bond donors (Lipinski definition) is 3. The van der Waals surface area contributed by atoms with Crippen LogP contribution in [0.15, 0.2) is 0 Å². The molecule has 6 heteroatoms. The molecule has 2 saturated carbocycles. The minimum absolute atomic E-state index is 0.0354. The third-order valence-electron chi connectivity index (χ3n) is 4.23. The summed E-state index contributed by atoms with van der Waals surface area (Å²) in [6.07, 6.45) is 4.98. The lowest BCUT2D eigenvalue weighted by Gasteiger charge is -2.37. The summed E-state index contributed by atoms with van der Waals surface area (Å²) in [6, 6.07) is 0.0356. The summed E-state index contributed by atoms with van der Waals surface area (Å²) in [5.41, 5.74) is 0. The van der Waals surface area contributed by atoms with E-state index in [-0.39, 0.29) is 30.6 Å². The molecule has 0 aliphatic heterocycles. The van der Waals surface area contributed by atoms with Gasteiger partial charge >= 0.3 is 12.0 Å². The fourth-order valence-electron chi connectivity index (χ4n) is 2.85. The normalized spacial score (nSPS) is 26.8. The summed E-state index contributed by atoms with van der Waals surface area (Å²) >= 11 is 0. The van der Waals surface area contributed by atoms with Crippen molar-refractivity contribution in [3.8, 4) is 0 Å². The Bertz CT molecular complexity index is 344. The lowest BCUT2D eigenvalue weighted by molar-refractivity contribution is -0.141. The predicted molar refractivity (Wildman–Crippen MR) is 68.7 cm³/mol. The van der Waals surface area contributed by atoms with Crippen molar-refractivity contribution in [1.29, 1.82) is 0 Å². The van der Waals surface area contributed by atoms with E-state index in [1.54, 1.807) is 4.90 Å². The predicted octanol–water partition coefficient (Wildman–Crippen LogP) is 0.796. The van der Waals surface area contributed by atoms with Gasteiger partial charge in [0.05, 0.1) is 12.5 Å². The highest BCUT2D eigenvalue weighted by Crippen LogP contribution is 2.27. The number of aliphatic hydroxyl groups excluding tert-OH is 1. The fourth-order valence-corrected chi connectivity index (χ4v) is 2.85. The topological polar surface area (TPSA) is 89.9 Å². The van der Waals surface area contributed by atoms with E-state index in [0.29, 0.717) is 19.4 Å². The molecular weight excluding hydrogens is 248 g/mol. The second-order valence-electron chi connectivity index (χ2n) is 5.50. The number of amides is 2. The first kappa shape index (κ1) is 14.1. The number of aliphatic hydroxyl groups is 1. The molecular formula is C13H22N2O4. The molecule has 0 aromatic rings.